The van der Waals surface area contributed by atoms with Crippen molar-refractivity contribution in [3.63, 3.8) is 0 Å². The zero-order valence-corrected chi connectivity index (χ0v) is 16.6. The molecule has 9 heteroatoms. The van der Waals surface area contributed by atoms with Crippen LogP contribution in [0.3, 0.4) is 0 Å². The number of hydrogen-bond acceptors (Lipinski definition) is 5. The van der Waals surface area contributed by atoms with Gasteiger partial charge in [0, 0.05) is 18.0 Å². The first kappa shape index (κ1) is 19.4. The van der Waals surface area contributed by atoms with Crippen molar-refractivity contribution < 1.29 is 17.6 Å². The average molecular weight is 416 g/mol. The Labute approximate surface area is 167 Å². The molecule has 1 aliphatic carbocycles. The lowest BCUT2D eigenvalue weighted by Gasteiger charge is -2.19. The van der Waals surface area contributed by atoms with Crippen LogP contribution in [0.5, 0.6) is 0 Å². The molecular formula is C20H21FN4O3S. The number of anilines is 1. The number of carbonyl (C=O) groups excluding carboxylic acids is 1. The number of hydrogen-bond donors (Lipinski definition) is 2. The Morgan fingerprint density at radius 1 is 1.28 bits per heavy atom. The molecule has 7 nitrogen and oxygen atoms in total. The molecule has 152 valence electrons. The first-order valence-corrected chi connectivity index (χ1v) is 11.2. The fourth-order valence-electron chi connectivity index (χ4n) is 3.72. The second kappa shape index (κ2) is 7.14. The van der Waals surface area contributed by atoms with Crippen LogP contribution in [0.4, 0.5) is 10.1 Å². The van der Waals surface area contributed by atoms with Crippen LogP contribution in [-0.2, 0) is 9.84 Å². The Balaban J connectivity index is 1.83. The SMILES string of the molecule is CS(=O)(=O)c1cccc(-c2cc3c(N[C@@H]4CCC[C@@H]4F)c(C(N)=O)cnn3c2)c1. The lowest BCUT2D eigenvalue weighted by Crippen LogP contribution is -2.27. The highest BCUT2D eigenvalue weighted by atomic mass is 32.2. The van der Waals surface area contributed by atoms with Gasteiger partial charge in [-0.1, -0.05) is 12.1 Å². The maximum absolute atomic E-state index is 14.2. The number of primary amides is 1. The van der Waals surface area contributed by atoms with E-state index < -0.39 is 28.0 Å². The van der Waals surface area contributed by atoms with Crippen LogP contribution in [-0.4, -0.2) is 42.4 Å². The Morgan fingerprint density at radius 2 is 2.07 bits per heavy atom. The van der Waals surface area contributed by atoms with Gasteiger partial charge in [0.1, 0.15) is 6.17 Å². The van der Waals surface area contributed by atoms with E-state index >= 15 is 0 Å². The van der Waals surface area contributed by atoms with Gasteiger partial charge >= 0.3 is 0 Å². The normalized spacial score (nSPS) is 19.5. The second-order valence-corrected chi connectivity index (χ2v) is 9.37. The summed E-state index contributed by atoms with van der Waals surface area (Å²) in [5, 5.41) is 7.39. The number of aromatic nitrogens is 2. The quantitative estimate of drug-likeness (QED) is 0.665. The van der Waals surface area contributed by atoms with Gasteiger partial charge in [0.05, 0.1) is 33.9 Å². The van der Waals surface area contributed by atoms with E-state index in [4.69, 9.17) is 5.73 Å². The summed E-state index contributed by atoms with van der Waals surface area (Å²) in [5.74, 6) is -0.655. The molecule has 0 radical (unpaired) electrons. The molecule has 1 saturated carbocycles. The van der Waals surface area contributed by atoms with Crippen molar-refractivity contribution >= 4 is 26.9 Å². The maximum Gasteiger partial charge on any atom is 0.252 e. The molecule has 1 aliphatic rings. The monoisotopic (exact) mass is 416 g/mol. The van der Waals surface area contributed by atoms with Gasteiger partial charge in [0.15, 0.2) is 9.84 Å². The van der Waals surface area contributed by atoms with Gasteiger partial charge in [-0.3, -0.25) is 4.79 Å². The zero-order chi connectivity index (χ0) is 20.8. The van der Waals surface area contributed by atoms with Crippen LogP contribution in [0.25, 0.3) is 16.6 Å². The summed E-state index contributed by atoms with van der Waals surface area (Å²) in [5.41, 5.74) is 8.11. The first-order valence-electron chi connectivity index (χ1n) is 9.26. The molecule has 3 aromatic rings. The van der Waals surface area contributed by atoms with E-state index in [0.29, 0.717) is 29.6 Å². The molecule has 0 unspecified atom stereocenters. The minimum atomic E-state index is -3.35. The zero-order valence-electron chi connectivity index (χ0n) is 15.8. The van der Waals surface area contributed by atoms with Gasteiger partial charge in [0.2, 0.25) is 0 Å². The van der Waals surface area contributed by atoms with Gasteiger partial charge in [-0.2, -0.15) is 5.10 Å². The van der Waals surface area contributed by atoms with E-state index in [1.165, 1.54) is 12.3 Å². The fourth-order valence-corrected chi connectivity index (χ4v) is 4.39. The number of nitrogens with two attached hydrogens (primary N) is 1. The van der Waals surface area contributed by atoms with E-state index in [0.717, 1.165) is 18.2 Å². The molecule has 0 bridgehead atoms. The highest BCUT2D eigenvalue weighted by Gasteiger charge is 2.29. The number of nitrogens with one attached hydrogen (secondary N) is 1. The topological polar surface area (TPSA) is 107 Å². The number of amides is 1. The summed E-state index contributed by atoms with van der Waals surface area (Å²) in [6.45, 7) is 0. The predicted molar refractivity (Wildman–Crippen MR) is 108 cm³/mol. The van der Waals surface area contributed by atoms with E-state index in [1.807, 2.05) is 0 Å². The van der Waals surface area contributed by atoms with Gasteiger partial charge in [-0.25, -0.2) is 17.3 Å². The molecule has 0 saturated heterocycles. The van der Waals surface area contributed by atoms with Gasteiger partial charge in [0.25, 0.3) is 5.91 Å². The molecule has 3 N–H and O–H groups in total. The summed E-state index contributed by atoms with van der Waals surface area (Å²) < 4.78 is 39.5. The summed E-state index contributed by atoms with van der Waals surface area (Å²) in [4.78, 5) is 12.1. The molecule has 1 aromatic carbocycles. The molecule has 1 amide bonds. The van der Waals surface area contributed by atoms with E-state index in [9.17, 15) is 17.6 Å². The van der Waals surface area contributed by atoms with Crippen LogP contribution < -0.4 is 11.1 Å². The Bertz CT molecular complexity index is 1210. The molecule has 0 spiro atoms. The standard InChI is InChI=1S/C20H21FN4O3S/c1-29(27,28)14-5-2-4-12(8-14)13-9-18-19(24-17-7-3-6-16(17)21)15(20(22)26)10-23-25(18)11-13/h2,4-5,8-11,16-17,24H,3,6-7H2,1H3,(H2,22,26)/t16-,17+/m0/s1. The fraction of sp³-hybridized carbons (Fsp3) is 0.300. The molecular weight excluding hydrogens is 395 g/mol. The van der Waals surface area contributed by atoms with Crippen LogP contribution in [0.2, 0.25) is 0 Å². The minimum Gasteiger partial charge on any atom is -0.377 e. The third kappa shape index (κ3) is 3.69. The van der Waals surface area contributed by atoms with Crippen LogP contribution >= 0.6 is 0 Å². The number of benzene rings is 1. The summed E-state index contributed by atoms with van der Waals surface area (Å²) in [6, 6.07) is 7.96. The van der Waals surface area contributed by atoms with Crippen LogP contribution in [0.15, 0.2) is 47.6 Å². The minimum absolute atomic E-state index is 0.186. The highest BCUT2D eigenvalue weighted by Crippen LogP contribution is 2.32. The van der Waals surface area contributed by atoms with Crippen LogP contribution in [0, 0.1) is 0 Å². The molecule has 4 rings (SSSR count). The van der Waals surface area contributed by atoms with Crippen molar-refractivity contribution in [1.82, 2.24) is 9.61 Å². The average Bonchev–Trinajstić information content (AvgIpc) is 3.28. The third-order valence-corrected chi connectivity index (χ3v) is 6.37. The van der Waals surface area contributed by atoms with Gasteiger partial charge < -0.3 is 11.1 Å². The van der Waals surface area contributed by atoms with E-state index in [2.05, 4.69) is 10.4 Å². The van der Waals surface area contributed by atoms with E-state index in [-0.39, 0.29) is 10.5 Å². The molecule has 2 atom stereocenters. The summed E-state index contributed by atoms with van der Waals surface area (Å²) in [7, 11) is -3.35. The number of nitrogens with zero attached hydrogens (tertiary/aromatic N) is 2. The lowest BCUT2D eigenvalue weighted by molar-refractivity contribution is 0.100. The van der Waals surface area contributed by atoms with Crippen molar-refractivity contribution in [2.24, 2.45) is 5.73 Å². The molecule has 2 heterocycles. The largest absolute Gasteiger partial charge is 0.377 e. The van der Waals surface area contributed by atoms with Crippen molar-refractivity contribution in [2.75, 3.05) is 11.6 Å². The second-order valence-electron chi connectivity index (χ2n) is 7.35. The Morgan fingerprint density at radius 3 is 2.72 bits per heavy atom. The van der Waals surface area contributed by atoms with Gasteiger partial charge in [-0.15, -0.1) is 0 Å². The predicted octanol–water partition coefficient (Wildman–Crippen LogP) is 2.81. The summed E-state index contributed by atoms with van der Waals surface area (Å²) >= 11 is 0. The third-order valence-electron chi connectivity index (χ3n) is 5.26. The maximum atomic E-state index is 14.2. The summed E-state index contributed by atoms with van der Waals surface area (Å²) in [6.07, 6.45) is 5.17. The smallest absolute Gasteiger partial charge is 0.252 e. The van der Waals surface area contributed by atoms with E-state index in [1.54, 1.807) is 35.0 Å². The number of rotatable bonds is 5. The van der Waals surface area contributed by atoms with Gasteiger partial charge in [-0.05, 0) is 43.0 Å². The highest BCUT2D eigenvalue weighted by molar-refractivity contribution is 7.90. The molecule has 1 fully saturated rings. The molecule has 0 aliphatic heterocycles. The number of alkyl halides is 1. The van der Waals surface area contributed by atoms with Crippen molar-refractivity contribution in [3.05, 3.63) is 48.3 Å². The number of fused-ring (bicyclic) bond motifs is 1. The lowest BCUT2D eigenvalue weighted by atomic mass is 10.1. The number of carbonyl (C=O) groups is 1. The Kier molecular flexibility index (Phi) is 4.77. The van der Waals surface area contributed by atoms with Crippen LogP contribution in [0.1, 0.15) is 29.6 Å². The van der Waals surface area contributed by atoms with Crippen molar-refractivity contribution in [3.8, 4) is 11.1 Å². The number of sulfone groups is 1. The van der Waals surface area contributed by atoms with Crippen molar-refractivity contribution in [2.45, 2.75) is 36.4 Å². The first-order chi connectivity index (χ1) is 13.7. The molecule has 2 aromatic heterocycles. The number of halogens is 1. The molecule has 29 heavy (non-hydrogen) atoms. The Hall–Kier alpha value is -2.94. The van der Waals surface area contributed by atoms with Crippen molar-refractivity contribution in [1.29, 1.82) is 0 Å².